The first-order valence-corrected chi connectivity index (χ1v) is 6.51. The quantitative estimate of drug-likeness (QED) is 0.657. The van der Waals surface area contributed by atoms with Crippen molar-refractivity contribution in [1.29, 1.82) is 0 Å². The van der Waals surface area contributed by atoms with Gasteiger partial charge >= 0.3 is 25.2 Å². The molecule has 2 aliphatic heterocycles. The molecular weight excluding hydrogens is 267 g/mol. The van der Waals surface area contributed by atoms with E-state index in [1.807, 2.05) is 0 Å². The molecule has 8 nitrogen and oxygen atoms in total. The van der Waals surface area contributed by atoms with Gasteiger partial charge in [-0.2, -0.15) is 0 Å². The molecule has 0 saturated carbocycles. The van der Waals surface area contributed by atoms with Crippen molar-refractivity contribution in [2.75, 3.05) is 33.2 Å². The molecule has 2 heterocycles. The number of hydrogen-bond donors (Lipinski definition) is 1. The molecule has 0 radical (unpaired) electrons. The van der Waals surface area contributed by atoms with Crippen LogP contribution in [0.15, 0.2) is 0 Å². The molecule has 0 aromatic carbocycles. The molecule has 0 aliphatic carbocycles. The number of hydrogen-bond acceptors (Lipinski definition) is 6. The molecule has 2 fully saturated rings. The predicted octanol–water partition coefficient (Wildman–Crippen LogP) is -0.350. The summed E-state index contributed by atoms with van der Waals surface area (Å²) in [7, 11) is 0.730. The Kier molecular flexibility index (Phi) is 4.48. The zero-order valence-corrected chi connectivity index (χ0v) is 11.3. The number of carbonyl (C=O) groups excluding carboxylic acids is 2. The second-order valence-electron chi connectivity index (χ2n) is 5.13. The number of amides is 1. The number of carbonyl (C=O) groups is 3. The Morgan fingerprint density at radius 2 is 1.70 bits per heavy atom. The van der Waals surface area contributed by atoms with Crippen molar-refractivity contribution in [2.24, 2.45) is 0 Å². The second-order valence-corrected chi connectivity index (χ2v) is 5.13. The maximum Gasteiger partial charge on any atom is 0.602 e. The largest absolute Gasteiger partial charge is 0.602 e. The van der Waals surface area contributed by atoms with E-state index in [9.17, 15) is 14.4 Å². The average molecular weight is 284 g/mol. The molecule has 110 valence electrons. The fraction of sp³-hybridized carbons (Fsp3) is 0.727. The average Bonchev–Trinajstić information content (AvgIpc) is 2.36. The van der Waals surface area contributed by atoms with Crippen molar-refractivity contribution in [3.63, 3.8) is 0 Å². The monoisotopic (exact) mass is 284 g/mol. The lowest BCUT2D eigenvalue weighted by molar-refractivity contribution is -0.146. The summed E-state index contributed by atoms with van der Waals surface area (Å²) < 4.78 is 10.4. The van der Waals surface area contributed by atoms with Gasteiger partial charge < -0.3 is 19.3 Å². The Morgan fingerprint density at radius 3 is 2.15 bits per heavy atom. The van der Waals surface area contributed by atoms with Crippen LogP contribution in [0.2, 0.25) is 5.82 Å². The van der Waals surface area contributed by atoms with Crippen LogP contribution in [0.4, 0.5) is 4.79 Å². The van der Waals surface area contributed by atoms with Crippen LogP contribution in [0.5, 0.6) is 0 Å². The van der Waals surface area contributed by atoms with Crippen LogP contribution < -0.4 is 0 Å². The second kappa shape index (κ2) is 6.12. The van der Waals surface area contributed by atoms with Crippen molar-refractivity contribution in [3.05, 3.63) is 0 Å². The van der Waals surface area contributed by atoms with E-state index >= 15 is 0 Å². The highest BCUT2D eigenvalue weighted by Gasteiger charge is 2.41. The first-order chi connectivity index (χ1) is 9.45. The minimum Gasteiger partial charge on any atom is -0.498 e. The molecule has 2 rings (SSSR count). The van der Waals surface area contributed by atoms with Gasteiger partial charge in [-0.3, -0.25) is 14.5 Å². The minimum atomic E-state index is -0.961. The molecule has 0 atom stereocenters. The van der Waals surface area contributed by atoms with Gasteiger partial charge in [-0.1, -0.05) is 0 Å². The van der Waals surface area contributed by atoms with Crippen LogP contribution in [-0.2, 0) is 18.9 Å². The highest BCUT2D eigenvalue weighted by atomic mass is 16.6. The normalized spacial score (nSPS) is 22.9. The van der Waals surface area contributed by atoms with Crippen molar-refractivity contribution in [2.45, 2.75) is 18.7 Å². The van der Waals surface area contributed by atoms with Gasteiger partial charge in [0.15, 0.2) is 0 Å². The van der Waals surface area contributed by atoms with E-state index in [1.165, 1.54) is 9.80 Å². The van der Waals surface area contributed by atoms with Crippen molar-refractivity contribution in [1.82, 2.24) is 9.80 Å². The highest BCUT2D eigenvalue weighted by molar-refractivity contribution is 6.51. The Bertz CT molecular complexity index is 390. The summed E-state index contributed by atoms with van der Waals surface area (Å²) in [6.07, 6.45) is 0.0533. The smallest absolute Gasteiger partial charge is 0.498 e. The fourth-order valence-corrected chi connectivity index (χ4v) is 2.41. The van der Waals surface area contributed by atoms with E-state index < -0.39 is 25.2 Å². The first-order valence-electron chi connectivity index (χ1n) is 6.51. The summed E-state index contributed by atoms with van der Waals surface area (Å²) in [6, 6.07) is 0. The number of likely N-dealkylation sites (tertiary alicyclic amines) is 1. The lowest BCUT2D eigenvalue weighted by atomic mass is 9.66. The summed E-state index contributed by atoms with van der Waals surface area (Å²) >= 11 is 0. The zero-order chi connectivity index (χ0) is 14.7. The van der Waals surface area contributed by atoms with Crippen molar-refractivity contribution >= 4 is 25.2 Å². The van der Waals surface area contributed by atoms with E-state index in [4.69, 9.17) is 14.4 Å². The number of rotatable bonds is 1. The topological polar surface area (TPSA) is 96.4 Å². The summed E-state index contributed by atoms with van der Waals surface area (Å²) in [6.45, 7) is 0.788. The number of likely N-dealkylation sites (N-methyl/N-ethyl adjacent to an activating group) is 1. The van der Waals surface area contributed by atoms with E-state index in [-0.39, 0.29) is 18.9 Å². The van der Waals surface area contributed by atoms with Crippen LogP contribution >= 0.6 is 0 Å². The van der Waals surface area contributed by atoms with E-state index in [0.717, 1.165) is 0 Å². The van der Waals surface area contributed by atoms with E-state index in [1.54, 1.807) is 7.05 Å². The van der Waals surface area contributed by atoms with Crippen LogP contribution in [0.25, 0.3) is 0 Å². The standard InChI is InChI=1S/C11H17BN2O6/c1-13-6-9(15)19-12(20-10(16)7-13)8-2-4-14(5-3-8)11(17)18/h8H,2-7H2,1H3,(H,17,18). The molecule has 0 aromatic heterocycles. The van der Waals surface area contributed by atoms with Gasteiger partial charge in [0.25, 0.3) is 0 Å². The van der Waals surface area contributed by atoms with Gasteiger partial charge in [0.05, 0.1) is 13.1 Å². The third kappa shape index (κ3) is 3.63. The SMILES string of the molecule is CN1CC(=O)OB(C2CCN(C(=O)O)CC2)OC(=O)C1. The van der Waals surface area contributed by atoms with Gasteiger partial charge in [-0.25, -0.2) is 4.79 Å². The van der Waals surface area contributed by atoms with E-state index in [0.29, 0.717) is 25.9 Å². The lowest BCUT2D eigenvalue weighted by Gasteiger charge is -2.32. The Morgan fingerprint density at radius 1 is 1.20 bits per heavy atom. The van der Waals surface area contributed by atoms with Gasteiger partial charge in [-0.05, 0) is 19.9 Å². The molecule has 20 heavy (non-hydrogen) atoms. The number of nitrogens with zero attached hydrogens (tertiary/aromatic N) is 2. The Balaban J connectivity index is 1.95. The Labute approximate surface area is 116 Å². The molecular formula is C11H17BN2O6. The van der Waals surface area contributed by atoms with E-state index in [2.05, 4.69) is 0 Å². The Hall–Kier alpha value is -1.77. The van der Waals surface area contributed by atoms with Gasteiger partial charge in [-0.15, -0.1) is 0 Å². The highest BCUT2D eigenvalue weighted by Crippen LogP contribution is 2.27. The third-order valence-corrected chi connectivity index (χ3v) is 3.49. The molecule has 0 bridgehead atoms. The number of carboxylic acid groups (broad SMARTS) is 1. The lowest BCUT2D eigenvalue weighted by Crippen LogP contribution is -2.47. The maximum atomic E-state index is 11.6. The van der Waals surface area contributed by atoms with Crippen molar-refractivity contribution in [3.8, 4) is 0 Å². The molecule has 1 N–H and O–H groups in total. The van der Waals surface area contributed by atoms with Crippen LogP contribution in [-0.4, -0.2) is 73.3 Å². The summed E-state index contributed by atoms with van der Waals surface area (Å²) in [5.41, 5.74) is 0. The molecule has 2 aliphatic rings. The van der Waals surface area contributed by atoms with Crippen LogP contribution in [0.3, 0.4) is 0 Å². The summed E-state index contributed by atoms with van der Waals surface area (Å²) in [4.78, 5) is 36.9. The summed E-state index contributed by atoms with van der Waals surface area (Å²) in [5.74, 6) is -1.03. The summed E-state index contributed by atoms with van der Waals surface area (Å²) in [5, 5.41) is 8.88. The number of piperidine rings is 1. The molecule has 9 heteroatoms. The molecule has 0 aromatic rings. The maximum absolute atomic E-state index is 11.6. The van der Waals surface area contributed by atoms with Crippen molar-refractivity contribution < 1.29 is 28.8 Å². The van der Waals surface area contributed by atoms with Crippen LogP contribution in [0, 0.1) is 0 Å². The molecule has 0 spiro atoms. The zero-order valence-electron chi connectivity index (χ0n) is 11.3. The first kappa shape index (κ1) is 14.6. The predicted molar refractivity (Wildman–Crippen MR) is 68.0 cm³/mol. The van der Waals surface area contributed by atoms with Gasteiger partial charge in [0, 0.05) is 18.9 Å². The molecule has 1 amide bonds. The van der Waals surface area contributed by atoms with Gasteiger partial charge in [0.2, 0.25) is 0 Å². The fourth-order valence-electron chi connectivity index (χ4n) is 2.41. The minimum absolute atomic E-state index is 0.0412. The molecule has 0 unspecified atom stereocenters. The molecule has 2 saturated heterocycles. The van der Waals surface area contributed by atoms with Gasteiger partial charge in [0.1, 0.15) is 0 Å². The van der Waals surface area contributed by atoms with Crippen LogP contribution in [0.1, 0.15) is 12.8 Å². The third-order valence-electron chi connectivity index (χ3n) is 3.49.